The number of hydroxylamine groups is 2. The van der Waals surface area contributed by atoms with Crippen molar-refractivity contribution in [3.63, 3.8) is 0 Å². The second-order valence-corrected chi connectivity index (χ2v) is 1.75. The fraction of sp³-hybridized carbons (Fsp3) is 1.00. The Morgan fingerprint density at radius 3 is 2.11 bits per heavy atom. The Kier molecular flexibility index (Phi) is 4.67. The van der Waals surface area contributed by atoms with E-state index in [0.29, 0.717) is 0 Å². The average Bonchev–Trinajstić information content (AvgIpc) is 1.90. The third-order valence-corrected chi connectivity index (χ3v) is 1.29. The van der Waals surface area contributed by atoms with Gasteiger partial charge >= 0.3 is 0 Å². The molecule has 0 radical (unpaired) electrons. The molecule has 0 aliphatic rings. The Labute approximate surface area is 56.5 Å². The number of methoxy groups -OCH3 is 1. The molecule has 0 heterocycles. The van der Waals surface area contributed by atoms with Crippen LogP contribution in [0.3, 0.4) is 0 Å². The molecule has 0 rings (SSSR count). The van der Waals surface area contributed by atoms with E-state index in [1.165, 1.54) is 0 Å². The van der Waals surface area contributed by atoms with Gasteiger partial charge < -0.3 is 4.74 Å². The zero-order chi connectivity index (χ0) is 7.28. The first kappa shape index (κ1) is 8.88. The second-order valence-electron chi connectivity index (χ2n) is 1.75. The van der Waals surface area contributed by atoms with Gasteiger partial charge in [-0.05, 0) is 13.8 Å². The predicted octanol–water partition coefficient (Wildman–Crippen LogP) is 0.862. The molecule has 0 aliphatic heterocycles. The van der Waals surface area contributed by atoms with Gasteiger partial charge in [0.2, 0.25) is 0 Å². The van der Waals surface area contributed by atoms with Gasteiger partial charge in [0, 0.05) is 13.7 Å². The SMILES string of the molecule is CCN(OC)C(C)OC. The van der Waals surface area contributed by atoms with Crippen LogP contribution in [0.2, 0.25) is 0 Å². The molecule has 9 heavy (non-hydrogen) atoms. The first-order chi connectivity index (χ1) is 4.26. The van der Waals surface area contributed by atoms with Crippen molar-refractivity contribution in [1.82, 2.24) is 5.06 Å². The molecule has 0 bridgehead atoms. The van der Waals surface area contributed by atoms with E-state index in [9.17, 15) is 0 Å². The highest BCUT2D eigenvalue weighted by Crippen LogP contribution is 1.97. The number of hydrogen-bond acceptors (Lipinski definition) is 3. The lowest BCUT2D eigenvalue weighted by molar-refractivity contribution is -0.220. The summed E-state index contributed by atoms with van der Waals surface area (Å²) in [4.78, 5) is 4.96. The normalized spacial score (nSPS) is 14.3. The molecule has 56 valence electrons. The van der Waals surface area contributed by atoms with Crippen LogP contribution in [-0.4, -0.2) is 32.1 Å². The summed E-state index contributed by atoms with van der Waals surface area (Å²) < 4.78 is 5.00. The maximum absolute atomic E-state index is 5.00. The average molecular weight is 133 g/mol. The van der Waals surface area contributed by atoms with Crippen molar-refractivity contribution in [2.75, 3.05) is 20.8 Å². The smallest absolute Gasteiger partial charge is 0.129 e. The standard InChI is InChI=1S/C6H15NO2/c1-5-7(9-4)6(2)8-3/h6H,5H2,1-4H3. The molecule has 0 fully saturated rings. The summed E-state index contributed by atoms with van der Waals surface area (Å²) in [6.07, 6.45) is 0.0417. The lowest BCUT2D eigenvalue weighted by atomic mass is 10.6. The van der Waals surface area contributed by atoms with Gasteiger partial charge in [-0.2, -0.15) is 5.06 Å². The Bertz CT molecular complexity index is 64.1. The molecule has 0 aliphatic carbocycles. The summed E-state index contributed by atoms with van der Waals surface area (Å²) >= 11 is 0. The molecular weight excluding hydrogens is 118 g/mol. The van der Waals surface area contributed by atoms with Gasteiger partial charge in [0.05, 0.1) is 7.11 Å². The topological polar surface area (TPSA) is 21.7 Å². The first-order valence-corrected chi connectivity index (χ1v) is 3.09. The van der Waals surface area contributed by atoms with Gasteiger partial charge in [-0.3, -0.25) is 4.84 Å². The minimum Gasteiger partial charge on any atom is -0.365 e. The van der Waals surface area contributed by atoms with Crippen molar-refractivity contribution in [3.05, 3.63) is 0 Å². The van der Waals surface area contributed by atoms with Crippen molar-refractivity contribution in [2.45, 2.75) is 20.1 Å². The molecule has 0 aromatic heterocycles. The molecule has 0 amide bonds. The fourth-order valence-corrected chi connectivity index (χ4v) is 0.652. The molecule has 0 saturated heterocycles. The van der Waals surface area contributed by atoms with Crippen LogP contribution in [0.5, 0.6) is 0 Å². The minimum atomic E-state index is 0.0417. The zero-order valence-corrected chi connectivity index (χ0v) is 6.55. The summed E-state index contributed by atoms with van der Waals surface area (Å²) in [6, 6.07) is 0. The molecule has 0 N–H and O–H groups in total. The Morgan fingerprint density at radius 1 is 1.44 bits per heavy atom. The van der Waals surface area contributed by atoms with E-state index in [4.69, 9.17) is 9.57 Å². The lowest BCUT2D eigenvalue weighted by Crippen LogP contribution is -2.32. The summed E-state index contributed by atoms with van der Waals surface area (Å²) in [7, 11) is 3.30. The minimum absolute atomic E-state index is 0.0417. The molecule has 0 spiro atoms. The summed E-state index contributed by atoms with van der Waals surface area (Å²) in [5.74, 6) is 0. The van der Waals surface area contributed by atoms with Gasteiger partial charge in [-0.1, -0.05) is 0 Å². The van der Waals surface area contributed by atoms with Gasteiger partial charge in [0.1, 0.15) is 6.23 Å². The number of rotatable bonds is 4. The highest BCUT2D eigenvalue weighted by atomic mass is 16.7. The second kappa shape index (κ2) is 4.73. The molecular formula is C6H15NO2. The highest BCUT2D eigenvalue weighted by Gasteiger charge is 2.07. The Balaban J connectivity index is 3.50. The summed E-state index contributed by atoms with van der Waals surface area (Å²) in [6.45, 7) is 4.79. The Hall–Kier alpha value is -0.120. The van der Waals surface area contributed by atoms with Crippen LogP contribution in [0.15, 0.2) is 0 Å². The van der Waals surface area contributed by atoms with Gasteiger partial charge in [-0.15, -0.1) is 0 Å². The van der Waals surface area contributed by atoms with Crippen molar-refractivity contribution >= 4 is 0 Å². The molecule has 3 nitrogen and oxygen atoms in total. The van der Waals surface area contributed by atoms with Crippen LogP contribution in [0.4, 0.5) is 0 Å². The lowest BCUT2D eigenvalue weighted by Gasteiger charge is -2.23. The highest BCUT2D eigenvalue weighted by molar-refractivity contribution is 4.40. The Morgan fingerprint density at radius 2 is 2.00 bits per heavy atom. The monoisotopic (exact) mass is 133 g/mol. The van der Waals surface area contributed by atoms with Crippen LogP contribution in [0.1, 0.15) is 13.8 Å². The maximum Gasteiger partial charge on any atom is 0.129 e. The number of hydrogen-bond donors (Lipinski definition) is 0. The third kappa shape index (κ3) is 2.79. The van der Waals surface area contributed by atoms with Gasteiger partial charge in [0.15, 0.2) is 0 Å². The molecule has 0 saturated carbocycles. The molecule has 0 aromatic rings. The largest absolute Gasteiger partial charge is 0.365 e. The van der Waals surface area contributed by atoms with Crippen LogP contribution in [0, 0.1) is 0 Å². The summed E-state index contributed by atoms with van der Waals surface area (Å²) in [5.41, 5.74) is 0. The van der Waals surface area contributed by atoms with E-state index >= 15 is 0 Å². The van der Waals surface area contributed by atoms with E-state index in [1.807, 2.05) is 13.8 Å². The quantitative estimate of drug-likeness (QED) is 0.419. The number of ether oxygens (including phenoxy) is 1. The van der Waals surface area contributed by atoms with Crippen LogP contribution in [-0.2, 0) is 9.57 Å². The molecule has 1 atom stereocenters. The van der Waals surface area contributed by atoms with Crippen LogP contribution >= 0.6 is 0 Å². The fourth-order valence-electron chi connectivity index (χ4n) is 0.652. The van der Waals surface area contributed by atoms with Crippen molar-refractivity contribution in [2.24, 2.45) is 0 Å². The van der Waals surface area contributed by atoms with Gasteiger partial charge in [-0.25, -0.2) is 0 Å². The van der Waals surface area contributed by atoms with Crippen LogP contribution < -0.4 is 0 Å². The van der Waals surface area contributed by atoms with E-state index in [2.05, 4.69) is 0 Å². The van der Waals surface area contributed by atoms with Gasteiger partial charge in [0.25, 0.3) is 0 Å². The van der Waals surface area contributed by atoms with Crippen molar-refractivity contribution in [1.29, 1.82) is 0 Å². The number of nitrogens with zero attached hydrogens (tertiary/aromatic N) is 1. The van der Waals surface area contributed by atoms with E-state index < -0.39 is 0 Å². The molecule has 0 aromatic carbocycles. The van der Waals surface area contributed by atoms with E-state index in [0.717, 1.165) is 6.54 Å². The van der Waals surface area contributed by atoms with E-state index in [-0.39, 0.29) is 6.23 Å². The predicted molar refractivity (Wildman–Crippen MR) is 35.9 cm³/mol. The molecule has 3 heteroatoms. The van der Waals surface area contributed by atoms with Crippen molar-refractivity contribution < 1.29 is 9.57 Å². The molecule has 1 unspecified atom stereocenters. The van der Waals surface area contributed by atoms with Crippen molar-refractivity contribution in [3.8, 4) is 0 Å². The van der Waals surface area contributed by atoms with E-state index in [1.54, 1.807) is 19.3 Å². The summed E-state index contributed by atoms with van der Waals surface area (Å²) in [5, 5.41) is 1.75. The van der Waals surface area contributed by atoms with Crippen LogP contribution in [0.25, 0.3) is 0 Å². The first-order valence-electron chi connectivity index (χ1n) is 3.09. The third-order valence-electron chi connectivity index (χ3n) is 1.29. The zero-order valence-electron chi connectivity index (χ0n) is 6.55. The maximum atomic E-state index is 5.00.